The topological polar surface area (TPSA) is 81.1 Å². The van der Waals surface area contributed by atoms with Crippen molar-refractivity contribution in [2.45, 2.75) is 13.3 Å². The highest BCUT2D eigenvalue weighted by Crippen LogP contribution is 2.07. The van der Waals surface area contributed by atoms with E-state index in [4.69, 9.17) is 0 Å². The summed E-state index contributed by atoms with van der Waals surface area (Å²) in [6.45, 7) is 1.86. The van der Waals surface area contributed by atoms with Crippen LogP contribution in [0.2, 0.25) is 0 Å². The van der Waals surface area contributed by atoms with Crippen LogP contribution in [0, 0.1) is 6.92 Å². The molecule has 1 heterocycles. The molecule has 122 valence electrons. The quantitative estimate of drug-likeness (QED) is 0.811. The zero-order valence-electron chi connectivity index (χ0n) is 13.1. The molecule has 0 aliphatic heterocycles. The van der Waals surface area contributed by atoms with Gasteiger partial charge in [-0.2, -0.15) is 5.10 Å². The molecular weight excluding hydrogens is 314 g/mol. The summed E-state index contributed by atoms with van der Waals surface area (Å²) < 4.78 is 27.5. The van der Waals surface area contributed by atoms with E-state index in [9.17, 15) is 13.2 Å². The molecule has 0 saturated heterocycles. The van der Waals surface area contributed by atoms with Gasteiger partial charge in [0, 0.05) is 24.4 Å². The van der Waals surface area contributed by atoms with E-state index < -0.39 is 15.9 Å². The first-order valence-corrected chi connectivity index (χ1v) is 8.78. The number of aryl methyl sites for hydroxylation is 2. The second-order valence-electron chi connectivity index (χ2n) is 5.16. The van der Waals surface area contributed by atoms with Crippen molar-refractivity contribution in [1.29, 1.82) is 0 Å². The molecule has 0 aliphatic rings. The van der Waals surface area contributed by atoms with Crippen LogP contribution in [0.15, 0.2) is 42.6 Å². The van der Waals surface area contributed by atoms with Gasteiger partial charge >= 0.3 is 0 Å². The van der Waals surface area contributed by atoms with Gasteiger partial charge in [-0.15, -0.1) is 0 Å². The van der Waals surface area contributed by atoms with Crippen molar-refractivity contribution >= 4 is 22.0 Å². The molecule has 23 heavy (non-hydrogen) atoms. The number of hydrogen-bond acceptors (Lipinski definition) is 4. The molecule has 0 bridgehead atoms. The highest BCUT2D eigenvalue weighted by molar-refractivity contribution is 7.90. The van der Waals surface area contributed by atoms with Gasteiger partial charge in [-0.1, -0.05) is 30.3 Å². The predicted molar refractivity (Wildman–Crippen MR) is 89.1 cm³/mol. The number of hydrogen-bond donors (Lipinski definition) is 1. The van der Waals surface area contributed by atoms with Crippen LogP contribution in [-0.2, 0) is 28.3 Å². The zero-order chi connectivity index (χ0) is 16.9. The summed E-state index contributed by atoms with van der Waals surface area (Å²) in [6, 6.07) is 9.26. The fourth-order valence-electron chi connectivity index (χ4n) is 1.98. The smallest absolute Gasteiger partial charge is 0.257 e. The number of rotatable bonds is 6. The number of carbonyl (C=O) groups is 1. The Morgan fingerprint density at radius 2 is 2.00 bits per heavy atom. The Bertz CT molecular complexity index is 808. The Kier molecular flexibility index (Phi) is 5.33. The van der Waals surface area contributed by atoms with E-state index in [0.29, 0.717) is 6.42 Å². The first kappa shape index (κ1) is 17.0. The van der Waals surface area contributed by atoms with Crippen molar-refractivity contribution in [2.24, 2.45) is 7.05 Å². The van der Waals surface area contributed by atoms with Gasteiger partial charge in [0.25, 0.3) is 5.91 Å². The molecule has 2 aromatic rings. The Balaban J connectivity index is 1.92. The summed E-state index contributed by atoms with van der Waals surface area (Å²) in [7, 11) is -1.87. The molecule has 1 N–H and O–H groups in total. The largest absolute Gasteiger partial charge is 0.272 e. The maximum Gasteiger partial charge on any atom is 0.257 e. The molecule has 2 rings (SSSR count). The molecule has 0 spiro atoms. The minimum Gasteiger partial charge on any atom is -0.272 e. The van der Waals surface area contributed by atoms with Gasteiger partial charge in [0.1, 0.15) is 0 Å². The Morgan fingerprint density at radius 1 is 1.30 bits per heavy atom. The summed E-state index contributed by atoms with van der Waals surface area (Å²) in [5.41, 5.74) is 2.57. The van der Waals surface area contributed by atoms with Crippen molar-refractivity contribution < 1.29 is 13.2 Å². The first-order valence-electron chi connectivity index (χ1n) is 7.12. The highest BCUT2D eigenvalue weighted by atomic mass is 32.2. The van der Waals surface area contributed by atoms with Gasteiger partial charge in [0.15, 0.2) is 0 Å². The molecule has 0 unspecified atom stereocenters. The average molecular weight is 333 g/mol. The summed E-state index contributed by atoms with van der Waals surface area (Å²) in [5, 5.41) is 4.05. The van der Waals surface area contributed by atoms with Crippen molar-refractivity contribution in [2.75, 3.05) is 5.75 Å². The predicted octanol–water partition coefficient (Wildman–Crippen LogP) is 1.43. The maximum atomic E-state index is 11.9. The number of amides is 1. The van der Waals surface area contributed by atoms with Crippen molar-refractivity contribution in [3.8, 4) is 0 Å². The SMILES string of the molecule is Cc1c(C=CC(=O)NS(=O)(=O)CCc2ccccc2)cnn1C. The van der Waals surface area contributed by atoms with Crippen molar-refractivity contribution in [3.05, 3.63) is 59.4 Å². The van der Waals surface area contributed by atoms with E-state index in [-0.39, 0.29) is 5.75 Å². The average Bonchev–Trinajstić information content (AvgIpc) is 2.83. The maximum absolute atomic E-state index is 11.9. The lowest BCUT2D eigenvalue weighted by Gasteiger charge is -2.05. The molecule has 1 aromatic heterocycles. The molecule has 0 fully saturated rings. The van der Waals surface area contributed by atoms with Crippen LogP contribution < -0.4 is 4.72 Å². The minimum absolute atomic E-state index is 0.136. The molecule has 0 radical (unpaired) electrons. The van der Waals surface area contributed by atoms with Crippen molar-refractivity contribution in [3.63, 3.8) is 0 Å². The Hall–Kier alpha value is -2.41. The van der Waals surface area contributed by atoms with Gasteiger partial charge in [-0.3, -0.25) is 9.48 Å². The van der Waals surface area contributed by atoms with Crippen LogP contribution in [-0.4, -0.2) is 29.9 Å². The summed E-state index contributed by atoms with van der Waals surface area (Å²) in [5.74, 6) is -0.802. The van der Waals surface area contributed by atoms with Crippen LogP contribution in [0.25, 0.3) is 6.08 Å². The fourth-order valence-corrected chi connectivity index (χ4v) is 2.96. The summed E-state index contributed by atoms with van der Waals surface area (Å²) >= 11 is 0. The monoisotopic (exact) mass is 333 g/mol. The zero-order valence-corrected chi connectivity index (χ0v) is 13.9. The first-order chi connectivity index (χ1) is 10.9. The molecule has 0 saturated carbocycles. The lowest BCUT2D eigenvalue weighted by molar-refractivity contribution is -0.114. The van der Waals surface area contributed by atoms with E-state index in [1.807, 2.05) is 42.0 Å². The second kappa shape index (κ2) is 7.23. The number of aromatic nitrogens is 2. The minimum atomic E-state index is -3.66. The molecule has 7 heteroatoms. The van der Waals surface area contributed by atoms with Gasteiger partial charge in [0.2, 0.25) is 10.0 Å². The fraction of sp³-hybridized carbons (Fsp3) is 0.250. The summed E-state index contributed by atoms with van der Waals surface area (Å²) in [4.78, 5) is 11.8. The van der Waals surface area contributed by atoms with E-state index >= 15 is 0 Å². The molecule has 0 atom stereocenters. The van der Waals surface area contributed by atoms with E-state index in [1.54, 1.807) is 24.0 Å². The lowest BCUT2D eigenvalue weighted by Crippen LogP contribution is -2.31. The normalized spacial score (nSPS) is 11.7. The van der Waals surface area contributed by atoms with E-state index in [0.717, 1.165) is 16.8 Å². The number of carbonyl (C=O) groups excluding carboxylic acids is 1. The van der Waals surface area contributed by atoms with Crippen LogP contribution in [0.5, 0.6) is 0 Å². The number of nitrogens with zero attached hydrogens (tertiary/aromatic N) is 2. The third-order valence-electron chi connectivity index (χ3n) is 3.45. The second-order valence-corrected chi connectivity index (χ2v) is 7.00. The third kappa shape index (κ3) is 5.07. The van der Waals surface area contributed by atoms with Crippen molar-refractivity contribution in [1.82, 2.24) is 14.5 Å². The molecule has 6 nitrogen and oxygen atoms in total. The van der Waals surface area contributed by atoms with E-state index in [1.165, 1.54) is 6.08 Å². The number of sulfonamides is 1. The Labute approximate surface area is 135 Å². The highest BCUT2D eigenvalue weighted by Gasteiger charge is 2.13. The van der Waals surface area contributed by atoms with Gasteiger partial charge in [-0.25, -0.2) is 13.1 Å². The van der Waals surface area contributed by atoms with Gasteiger partial charge in [-0.05, 0) is 25.0 Å². The van der Waals surface area contributed by atoms with Crippen LogP contribution in [0.1, 0.15) is 16.8 Å². The van der Waals surface area contributed by atoms with Crippen LogP contribution >= 0.6 is 0 Å². The van der Waals surface area contributed by atoms with Crippen LogP contribution in [0.3, 0.4) is 0 Å². The van der Waals surface area contributed by atoms with E-state index in [2.05, 4.69) is 5.10 Å². The van der Waals surface area contributed by atoms with Crippen LogP contribution in [0.4, 0.5) is 0 Å². The number of nitrogens with one attached hydrogen (secondary N) is 1. The summed E-state index contributed by atoms with van der Waals surface area (Å²) in [6.07, 6.45) is 4.71. The Morgan fingerprint density at radius 3 is 2.61 bits per heavy atom. The molecule has 0 aliphatic carbocycles. The third-order valence-corrected chi connectivity index (χ3v) is 4.70. The van der Waals surface area contributed by atoms with Gasteiger partial charge < -0.3 is 0 Å². The molecule has 1 amide bonds. The number of benzene rings is 1. The van der Waals surface area contributed by atoms with Gasteiger partial charge in [0.05, 0.1) is 11.9 Å². The molecular formula is C16H19N3O3S. The lowest BCUT2D eigenvalue weighted by atomic mass is 10.2. The molecule has 1 aromatic carbocycles. The standard InChI is InChI=1S/C16H19N3O3S/c1-13-15(12-17-19(13)2)8-9-16(20)18-23(21,22)11-10-14-6-4-3-5-7-14/h3-9,12H,10-11H2,1-2H3,(H,18,20).